The van der Waals surface area contributed by atoms with Gasteiger partial charge in [0.25, 0.3) is 12.6 Å². The first-order chi connectivity index (χ1) is 40.6. The van der Waals surface area contributed by atoms with Gasteiger partial charge in [0, 0.05) is 0 Å². The molecule has 85 heavy (non-hydrogen) atoms. The van der Waals surface area contributed by atoms with Crippen LogP contribution in [0.1, 0.15) is 105 Å². The summed E-state index contributed by atoms with van der Waals surface area (Å²) in [6.45, 7) is 0. The fourth-order valence-corrected chi connectivity index (χ4v) is 9.33. The van der Waals surface area contributed by atoms with Crippen molar-refractivity contribution in [1.82, 2.24) is 0 Å². The average molecular weight is 1150 g/mol. The zero-order chi connectivity index (χ0) is 61.3. The van der Waals surface area contributed by atoms with Crippen LogP contribution in [-0.2, 0) is 25.2 Å². The Morgan fingerprint density at radius 1 is 0.259 bits per heavy atom. The molecule has 23 nitrogen and oxygen atoms in total. The lowest BCUT2D eigenvalue weighted by Crippen LogP contribution is -2.58. The van der Waals surface area contributed by atoms with Gasteiger partial charge in [-0.05, 0) is 95.1 Å². The second kappa shape index (κ2) is 24.7. The molecule has 0 unspecified atom stereocenters. The highest BCUT2D eigenvalue weighted by Gasteiger charge is 2.60. The van der Waals surface area contributed by atoms with Crippen molar-refractivity contribution in [3.05, 3.63) is 261 Å². The number of hydrogen-bond acceptors (Lipinski definition) is 15. The molecule has 0 heterocycles. The highest BCUT2D eigenvalue weighted by molar-refractivity contribution is 6.05. The summed E-state index contributed by atoms with van der Waals surface area (Å²) in [5, 5.41) is 80.6. The van der Waals surface area contributed by atoms with Gasteiger partial charge >= 0.3 is 59.7 Å². The molecule has 0 aliphatic heterocycles. The first-order valence-electron chi connectivity index (χ1n) is 24.7. The summed E-state index contributed by atoms with van der Waals surface area (Å²) in [4.78, 5) is 133. The van der Waals surface area contributed by atoms with Gasteiger partial charge in [-0.1, -0.05) is 121 Å². The first kappa shape index (κ1) is 59.0. The fraction of sp³-hybridized carbons (Fsp3) is 0.0645. The molecule has 0 saturated carbocycles. The minimum absolute atomic E-state index is 0.154. The molecule has 8 rings (SSSR count). The quantitative estimate of drug-likeness (QED) is 0.0159. The highest BCUT2D eigenvalue weighted by Crippen LogP contribution is 2.45. The number of carbonyl (C=O) groups is 10. The third-order valence-electron chi connectivity index (χ3n) is 13.2. The molecule has 0 fully saturated rings. The summed E-state index contributed by atoms with van der Waals surface area (Å²) < 4.78 is 32.2. The van der Waals surface area contributed by atoms with E-state index >= 15 is 9.59 Å². The van der Waals surface area contributed by atoms with Crippen LogP contribution < -0.4 is 18.9 Å². The number of carboxylic acids is 8. The average Bonchev–Trinajstić information content (AvgIpc) is 1.06. The fourth-order valence-electron chi connectivity index (χ4n) is 9.33. The van der Waals surface area contributed by atoms with Gasteiger partial charge in [0.05, 0.1) is 44.5 Å². The molecule has 0 saturated heterocycles. The Morgan fingerprint density at radius 3 is 0.624 bits per heavy atom. The van der Waals surface area contributed by atoms with E-state index in [1.807, 2.05) is 0 Å². The molecule has 428 valence electrons. The largest absolute Gasteiger partial charge is 0.478 e. The molecule has 8 aromatic rings. The Labute approximate surface area is 477 Å². The van der Waals surface area contributed by atoms with E-state index in [1.165, 1.54) is 121 Å². The Kier molecular flexibility index (Phi) is 17.1. The maximum absolute atomic E-state index is 16.6. The third-order valence-corrected chi connectivity index (χ3v) is 13.2. The zero-order valence-corrected chi connectivity index (χ0v) is 43.3. The predicted molar refractivity (Wildman–Crippen MR) is 290 cm³/mol. The molecule has 0 bridgehead atoms. The van der Waals surface area contributed by atoms with Crippen molar-refractivity contribution in [2.75, 3.05) is 0 Å². The minimum atomic E-state index is -2.79. The van der Waals surface area contributed by atoms with Crippen LogP contribution in [-0.4, -0.2) is 113 Å². The standard InChI is InChI=1S/C62H42O23/c63-49(64)41-25-21-37(29-45(41)53(71)72)81-59(82-38-22-26-42(50(65)66)46(30-38)54(73)74)61(33-13-5-1-6-14-33,34-15-7-2-8-16-34)57(79)85-58(80)62(35-17-9-3-10-18-35,36-19-11-4-12-20-36)60(83-39-23-27-43(51(67)68)47(31-39)55(75)76)84-40-24-28-44(52(69)70)48(32-40)56(77)78/h1-32,59-60H,(H,63,64)(H,65,66)(H,67,68)(H,69,70)(H,71,72)(H,73,74)(H,75,76)(H,77,78). The van der Waals surface area contributed by atoms with Crippen molar-refractivity contribution < 1.29 is 112 Å². The van der Waals surface area contributed by atoms with Crippen molar-refractivity contribution in [1.29, 1.82) is 0 Å². The van der Waals surface area contributed by atoms with E-state index < -0.39 is 151 Å². The second-order valence-electron chi connectivity index (χ2n) is 18.2. The first-order valence-corrected chi connectivity index (χ1v) is 24.7. The van der Waals surface area contributed by atoms with Crippen molar-refractivity contribution in [3.8, 4) is 23.0 Å². The van der Waals surface area contributed by atoms with Crippen molar-refractivity contribution >= 4 is 59.7 Å². The number of carbonyl (C=O) groups excluding carboxylic acids is 2. The van der Waals surface area contributed by atoms with Crippen LogP contribution in [0, 0.1) is 0 Å². The number of benzene rings is 8. The summed E-state index contributed by atoms with van der Waals surface area (Å²) in [7, 11) is 0. The Hall–Kier alpha value is -12.1. The molecule has 0 amide bonds. The minimum Gasteiger partial charge on any atom is -0.478 e. The van der Waals surface area contributed by atoms with Gasteiger partial charge in [-0.25, -0.2) is 47.9 Å². The number of aromatic carboxylic acids is 8. The smallest absolute Gasteiger partial charge is 0.336 e. The lowest BCUT2D eigenvalue weighted by atomic mass is 9.72. The Bertz CT molecular complexity index is 3470. The van der Waals surface area contributed by atoms with Crippen LogP contribution in [0.3, 0.4) is 0 Å². The highest BCUT2D eigenvalue weighted by atomic mass is 16.7. The molecule has 8 aromatic carbocycles. The van der Waals surface area contributed by atoms with E-state index in [2.05, 4.69) is 0 Å². The van der Waals surface area contributed by atoms with E-state index in [9.17, 15) is 79.2 Å². The van der Waals surface area contributed by atoms with Gasteiger partial charge < -0.3 is 64.5 Å². The van der Waals surface area contributed by atoms with Crippen molar-refractivity contribution in [2.45, 2.75) is 23.4 Å². The summed E-state index contributed by atoms with van der Waals surface area (Å²) in [5.41, 5.74) is -12.4. The van der Waals surface area contributed by atoms with Crippen LogP contribution in [0.4, 0.5) is 0 Å². The Morgan fingerprint density at radius 2 is 0.447 bits per heavy atom. The van der Waals surface area contributed by atoms with Crippen LogP contribution in [0.15, 0.2) is 194 Å². The van der Waals surface area contributed by atoms with E-state index in [4.69, 9.17) is 23.7 Å². The molecule has 0 aromatic heterocycles. The van der Waals surface area contributed by atoms with Gasteiger partial charge in [0.1, 0.15) is 23.0 Å². The van der Waals surface area contributed by atoms with E-state index in [0.29, 0.717) is 0 Å². The third kappa shape index (κ3) is 11.9. The topological polar surface area (TPSA) is 379 Å². The molecule has 0 spiro atoms. The maximum Gasteiger partial charge on any atom is 0.336 e. The van der Waals surface area contributed by atoms with Crippen LogP contribution >= 0.6 is 0 Å². The number of esters is 2. The number of rotatable bonds is 24. The predicted octanol–water partition coefficient (Wildman–Crippen LogP) is 8.58. The zero-order valence-electron chi connectivity index (χ0n) is 43.3. The van der Waals surface area contributed by atoms with Gasteiger partial charge in [-0.3, -0.25) is 0 Å². The summed E-state index contributed by atoms with van der Waals surface area (Å²) in [6.07, 6.45) is -4.77. The molecule has 0 radical (unpaired) electrons. The van der Waals surface area contributed by atoms with Crippen LogP contribution in [0.5, 0.6) is 23.0 Å². The monoisotopic (exact) mass is 1150 g/mol. The van der Waals surface area contributed by atoms with Crippen LogP contribution in [0.2, 0.25) is 0 Å². The molecule has 0 aliphatic carbocycles. The number of hydrogen-bond donors (Lipinski definition) is 8. The van der Waals surface area contributed by atoms with E-state index in [1.54, 1.807) is 0 Å². The van der Waals surface area contributed by atoms with Gasteiger partial charge in [-0.2, -0.15) is 0 Å². The van der Waals surface area contributed by atoms with Crippen molar-refractivity contribution in [2.24, 2.45) is 0 Å². The van der Waals surface area contributed by atoms with Crippen LogP contribution in [0.25, 0.3) is 0 Å². The van der Waals surface area contributed by atoms with Gasteiger partial charge in [0.15, 0.2) is 10.8 Å². The van der Waals surface area contributed by atoms with Gasteiger partial charge in [0.2, 0.25) is 0 Å². The number of carboxylic acid groups (broad SMARTS) is 8. The van der Waals surface area contributed by atoms with Crippen molar-refractivity contribution in [3.63, 3.8) is 0 Å². The summed E-state index contributed by atoms with van der Waals surface area (Å²) >= 11 is 0. The summed E-state index contributed by atoms with van der Waals surface area (Å²) in [6, 6.07) is 38.8. The molecule has 23 heteroatoms. The SMILES string of the molecule is O=C(O)c1ccc(OC(Oc2ccc(C(=O)O)c(C(=O)O)c2)C(C(=O)OC(=O)C(c2ccccc2)(c2ccccc2)C(Oc2ccc(C(=O)O)c(C(=O)O)c2)Oc2ccc(C(=O)O)c(C(=O)O)c2)(c2ccccc2)c2ccccc2)cc1C(=O)O. The second-order valence-corrected chi connectivity index (χ2v) is 18.2. The molecular weight excluding hydrogens is 1110 g/mol. The summed E-state index contributed by atoms with van der Waals surface area (Å²) in [5.74, 6) is -19.1. The lowest BCUT2D eigenvalue weighted by molar-refractivity contribution is -0.178. The van der Waals surface area contributed by atoms with E-state index in [0.717, 1.165) is 72.8 Å². The molecule has 8 N–H and O–H groups in total. The molecular formula is C62H42O23. The molecule has 0 atom stereocenters. The number of ether oxygens (including phenoxy) is 5. The Balaban J connectivity index is 1.45. The maximum atomic E-state index is 16.6. The lowest BCUT2D eigenvalue weighted by Gasteiger charge is -2.41. The van der Waals surface area contributed by atoms with E-state index in [-0.39, 0.29) is 22.3 Å². The van der Waals surface area contributed by atoms with Gasteiger partial charge in [-0.15, -0.1) is 0 Å². The normalized spacial score (nSPS) is 11.2. The molecule has 0 aliphatic rings.